The van der Waals surface area contributed by atoms with Gasteiger partial charge in [0.25, 0.3) is 0 Å². The minimum Gasteiger partial charge on any atom is -0.0990 e. The summed E-state index contributed by atoms with van der Waals surface area (Å²) >= 11 is 0. The molecule has 10 heavy (non-hydrogen) atoms. The maximum atomic E-state index is 11.3. The third kappa shape index (κ3) is 7.48. The fraction of sp³-hybridized carbons (Fsp3) is 0. The third-order valence-electron chi connectivity index (χ3n) is 0.472. The molecule has 6 heteroatoms. The topological polar surface area (TPSA) is 0 Å². The van der Waals surface area contributed by atoms with Gasteiger partial charge >= 0.3 is 10.2 Å². The summed E-state index contributed by atoms with van der Waals surface area (Å²) in [5.74, 6) is 0. The van der Waals surface area contributed by atoms with E-state index in [1.807, 2.05) is 0 Å². The summed E-state index contributed by atoms with van der Waals surface area (Å²) in [6.45, 7) is 2.82. The lowest BCUT2D eigenvalue weighted by atomic mass is 10.6. The van der Waals surface area contributed by atoms with Crippen LogP contribution in [0.15, 0.2) is 24.1 Å². The Morgan fingerprint density at radius 2 is 1.40 bits per heavy atom. The molecule has 0 aliphatic carbocycles. The summed E-state index contributed by atoms with van der Waals surface area (Å²) < 4.78 is 56.3. The first kappa shape index (κ1) is 9.48. The van der Waals surface area contributed by atoms with Gasteiger partial charge in [0.15, 0.2) is 0 Å². The Morgan fingerprint density at radius 3 is 1.50 bits per heavy atom. The minimum atomic E-state index is -9.31. The first-order chi connectivity index (χ1) is 4.04. The number of rotatable bonds is 2. The van der Waals surface area contributed by atoms with E-state index < -0.39 is 15.6 Å². The molecule has 0 atom stereocenters. The summed E-state index contributed by atoms with van der Waals surface area (Å²) in [4.78, 5) is 0. The van der Waals surface area contributed by atoms with Gasteiger partial charge in [0.2, 0.25) is 0 Å². The quantitative estimate of drug-likeness (QED) is 0.445. The summed E-state index contributed by atoms with van der Waals surface area (Å²) in [6, 6.07) is 0. The zero-order valence-electron chi connectivity index (χ0n) is 4.74. The van der Waals surface area contributed by atoms with Crippen LogP contribution in [-0.2, 0) is 0 Å². The molecule has 0 aromatic rings. The van der Waals surface area contributed by atoms with E-state index in [1.54, 1.807) is 0 Å². The Kier molecular flexibility index (Phi) is 1.47. The lowest BCUT2D eigenvalue weighted by molar-refractivity contribution is 0.384. The van der Waals surface area contributed by atoms with Gasteiger partial charge in [0, 0.05) is 0 Å². The van der Waals surface area contributed by atoms with E-state index in [4.69, 9.17) is 0 Å². The van der Waals surface area contributed by atoms with Gasteiger partial charge in [-0.2, -0.15) is 0 Å². The fourth-order valence-corrected chi connectivity index (χ4v) is 0.612. The molecule has 0 aromatic heterocycles. The van der Waals surface area contributed by atoms with Gasteiger partial charge in [-0.25, -0.2) is 0 Å². The second-order valence-corrected chi connectivity index (χ2v) is 3.92. The van der Waals surface area contributed by atoms with E-state index in [9.17, 15) is 19.4 Å². The lowest BCUT2D eigenvalue weighted by Crippen LogP contribution is -1.98. The van der Waals surface area contributed by atoms with Crippen molar-refractivity contribution in [3.63, 3.8) is 0 Å². The van der Waals surface area contributed by atoms with Crippen molar-refractivity contribution >= 4 is 10.2 Å². The van der Waals surface area contributed by atoms with E-state index >= 15 is 0 Å². The molecule has 0 N–H and O–H groups in total. The minimum absolute atomic E-state index is 0.168. The molecule has 0 bridgehead atoms. The molecule has 0 spiro atoms. The molecule has 0 rings (SSSR count). The number of allylic oxidation sites excluding steroid dienone is 2. The maximum absolute atomic E-state index is 11.3. The molecule has 0 saturated heterocycles. The SMILES string of the molecule is C=C/C=C/S(F)(F)(F)(F)F. The van der Waals surface area contributed by atoms with Crippen molar-refractivity contribution in [3.8, 4) is 0 Å². The average molecular weight is 180 g/mol. The third-order valence-corrected chi connectivity index (χ3v) is 1.14. The molecule has 0 aliphatic rings. The molecule has 0 heterocycles. The van der Waals surface area contributed by atoms with Crippen LogP contribution in [0.2, 0.25) is 0 Å². The number of halogens is 5. The maximum Gasteiger partial charge on any atom is 0.304 e. The number of hydrogen-bond acceptors (Lipinski definition) is 0. The monoisotopic (exact) mass is 180 g/mol. The largest absolute Gasteiger partial charge is 0.304 e. The Balaban J connectivity index is 4.75. The van der Waals surface area contributed by atoms with Gasteiger partial charge in [0.1, 0.15) is 0 Å². The highest BCUT2D eigenvalue weighted by Crippen LogP contribution is 2.98. The standard InChI is InChI=1S/C4H5F5S/c1-2-3-4-10(5,6,7,8)9/h2-4H,1H2/b4-3+. The zero-order valence-corrected chi connectivity index (χ0v) is 5.55. The van der Waals surface area contributed by atoms with Gasteiger partial charge in [-0.3, -0.25) is 0 Å². The summed E-state index contributed by atoms with van der Waals surface area (Å²) in [6.07, 6.45) is 0.805. The van der Waals surface area contributed by atoms with Crippen LogP contribution in [0, 0.1) is 0 Å². The molecule has 0 aliphatic heterocycles. The van der Waals surface area contributed by atoms with Crippen LogP contribution in [-0.4, -0.2) is 0 Å². The van der Waals surface area contributed by atoms with Crippen LogP contribution >= 0.6 is 10.2 Å². The lowest BCUT2D eigenvalue weighted by Gasteiger charge is -2.36. The highest BCUT2D eigenvalue weighted by atomic mass is 32.5. The van der Waals surface area contributed by atoms with Crippen molar-refractivity contribution in [1.82, 2.24) is 0 Å². The molecule has 0 aromatic carbocycles. The summed E-state index contributed by atoms with van der Waals surface area (Å²) in [5.41, 5.74) is 0. The molecular weight excluding hydrogens is 175 g/mol. The molecule has 0 radical (unpaired) electrons. The van der Waals surface area contributed by atoms with Gasteiger partial charge in [-0.1, -0.05) is 32.1 Å². The molecule has 0 unspecified atom stereocenters. The van der Waals surface area contributed by atoms with Crippen LogP contribution in [0.25, 0.3) is 0 Å². The van der Waals surface area contributed by atoms with Gasteiger partial charge in [0.05, 0.1) is 5.41 Å². The molecule has 62 valence electrons. The Hall–Kier alpha value is -0.520. The van der Waals surface area contributed by atoms with Crippen LogP contribution < -0.4 is 0 Å². The molecule has 0 amide bonds. The second-order valence-electron chi connectivity index (χ2n) is 1.59. The van der Waals surface area contributed by atoms with Crippen molar-refractivity contribution in [1.29, 1.82) is 0 Å². The van der Waals surface area contributed by atoms with Crippen LogP contribution in [0.4, 0.5) is 19.4 Å². The van der Waals surface area contributed by atoms with Crippen molar-refractivity contribution in [3.05, 3.63) is 24.1 Å². The smallest absolute Gasteiger partial charge is 0.0990 e. The molecular formula is C4H5F5S. The normalized spacial score (nSPS) is 20.1. The summed E-state index contributed by atoms with van der Waals surface area (Å²) in [7, 11) is -9.31. The van der Waals surface area contributed by atoms with Crippen molar-refractivity contribution in [2.45, 2.75) is 0 Å². The zero-order chi connectivity index (χ0) is 8.53. The first-order valence-corrected chi connectivity index (χ1v) is 4.10. The fourth-order valence-electron chi connectivity index (χ4n) is 0.204. The van der Waals surface area contributed by atoms with Crippen LogP contribution in [0.1, 0.15) is 0 Å². The Bertz CT molecular complexity index is 171. The van der Waals surface area contributed by atoms with Crippen LogP contribution in [0.3, 0.4) is 0 Å². The highest BCUT2D eigenvalue weighted by Gasteiger charge is 2.60. The number of hydrogen-bond donors (Lipinski definition) is 0. The van der Waals surface area contributed by atoms with Crippen molar-refractivity contribution < 1.29 is 19.4 Å². The van der Waals surface area contributed by atoms with E-state index in [0.29, 0.717) is 6.08 Å². The first-order valence-electron chi connectivity index (χ1n) is 2.08. The van der Waals surface area contributed by atoms with Crippen molar-refractivity contribution in [2.75, 3.05) is 0 Å². The Morgan fingerprint density at radius 1 is 1.00 bits per heavy atom. The van der Waals surface area contributed by atoms with Gasteiger partial charge in [-0.05, 0) is 6.08 Å². The predicted octanol–water partition coefficient (Wildman–Crippen LogP) is 3.98. The average Bonchev–Trinajstić information content (AvgIpc) is 1.55. The molecule has 0 saturated carbocycles. The molecule has 0 fully saturated rings. The van der Waals surface area contributed by atoms with E-state index in [0.717, 1.165) is 0 Å². The predicted molar refractivity (Wildman–Crippen MR) is 32.5 cm³/mol. The van der Waals surface area contributed by atoms with Crippen molar-refractivity contribution in [2.24, 2.45) is 0 Å². The summed E-state index contributed by atoms with van der Waals surface area (Å²) in [5, 5.41) is -1.05. The van der Waals surface area contributed by atoms with E-state index in [2.05, 4.69) is 6.58 Å². The second kappa shape index (κ2) is 1.55. The van der Waals surface area contributed by atoms with Crippen LogP contribution in [0.5, 0.6) is 0 Å². The highest BCUT2D eigenvalue weighted by molar-refractivity contribution is 8.48. The Labute approximate surface area is 54.8 Å². The van der Waals surface area contributed by atoms with Gasteiger partial charge < -0.3 is 0 Å². The molecule has 0 nitrogen and oxygen atoms in total. The van der Waals surface area contributed by atoms with E-state index in [1.165, 1.54) is 0 Å². The van der Waals surface area contributed by atoms with E-state index in [-0.39, 0.29) is 6.08 Å². The van der Waals surface area contributed by atoms with Gasteiger partial charge in [-0.15, -0.1) is 0 Å².